The molecule has 1 aromatic rings. The molecule has 80 valence electrons. The number of hydrogen-bond acceptors (Lipinski definition) is 3. The molecule has 0 radical (unpaired) electrons. The summed E-state index contributed by atoms with van der Waals surface area (Å²) in [5.41, 5.74) is 6.86. The van der Waals surface area contributed by atoms with E-state index in [1.165, 1.54) is 0 Å². The molecule has 15 heavy (non-hydrogen) atoms. The number of ether oxygens (including phenoxy) is 1. The minimum absolute atomic E-state index is 0.109. The van der Waals surface area contributed by atoms with Gasteiger partial charge in [-0.25, -0.2) is 0 Å². The SMILES string of the molecule is CCCC1Oc2cccc(N)c2NC1=O. The molecule has 1 aromatic carbocycles. The quantitative estimate of drug-likeness (QED) is 0.725. The Hall–Kier alpha value is -1.71. The van der Waals surface area contributed by atoms with E-state index in [0.717, 1.165) is 12.8 Å². The van der Waals surface area contributed by atoms with Gasteiger partial charge in [-0.05, 0) is 18.6 Å². The monoisotopic (exact) mass is 206 g/mol. The van der Waals surface area contributed by atoms with E-state index in [1.807, 2.05) is 19.1 Å². The molecule has 2 rings (SSSR count). The molecule has 1 aliphatic heterocycles. The van der Waals surface area contributed by atoms with E-state index in [2.05, 4.69) is 5.32 Å². The lowest BCUT2D eigenvalue weighted by molar-refractivity contribution is -0.123. The van der Waals surface area contributed by atoms with Gasteiger partial charge in [0.15, 0.2) is 6.10 Å². The second-order valence-electron chi connectivity index (χ2n) is 3.60. The molecular weight excluding hydrogens is 192 g/mol. The molecule has 4 heteroatoms. The van der Waals surface area contributed by atoms with Crippen LogP contribution in [-0.2, 0) is 4.79 Å². The van der Waals surface area contributed by atoms with Crippen LogP contribution in [-0.4, -0.2) is 12.0 Å². The fraction of sp³-hybridized carbons (Fsp3) is 0.364. The van der Waals surface area contributed by atoms with Crippen LogP contribution in [0.3, 0.4) is 0 Å². The Bertz CT molecular complexity index is 390. The summed E-state index contributed by atoms with van der Waals surface area (Å²) in [6, 6.07) is 5.37. The van der Waals surface area contributed by atoms with E-state index in [4.69, 9.17) is 10.5 Å². The first-order valence-corrected chi connectivity index (χ1v) is 5.08. The number of anilines is 2. The maximum Gasteiger partial charge on any atom is 0.265 e. The zero-order valence-corrected chi connectivity index (χ0v) is 8.62. The summed E-state index contributed by atoms with van der Waals surface area (Å²) in [5, 5.41) is 2.77. The Kier molecular flexibility index (Phi) is 2.49. The molecule has 0 fully saturated rings. The Labute approximate surface area is 88.4 Å². The number of para-hydroxylation sites is 1. The molecule has 0 bridgehead atoms. The molecule has 1 unspecified atom stereocenters. The van der Waals surface area contributed by atoms with Gasteiger partial charge in [0.05, 0.1) is 5.69 Å². The van der Waals surface area contributed by atoms with Crippen molar-refractivity contribution in [1.29, 1.82) is 0 Å². The van der Waals surface area contributed by atoms with E-state index in [-0.39, 0.29) is 12.0 Å². The first kappa shape index (κ1) is 9.83. The van der Waals surface area contributed by atoms with E-state index < -0.39 is 0 Å². The molecule has 1 heterocycles. The highest BCUT2D eigenvalue weighted by Crippen LogP contribution is 2.34. The highest BCUT2D eigenvalue weighted by atomic mass is 16.5. The molecule has 1 aliphatic rings. The molecule has 1 amide bonds. The third kappa shape index (κ3) is 1.75. The number of amides is 1. The number of nitrogen functional groups attached to an aromatic ring is 1. The summed E-state index contributed by atoms with van der Waals surface area (Å²) < 4.78 is 5.57. The fourth-order valence-electron chi connectivity index (χ4n) is 1.64. The van der Waals surface area contributed by atoms with Crippen LogP contribution in [0, 0.1) is 0 Å². The molecule has 1 atom stereocenters. The maximum atomic E-state index is 11.6. The first-order valence-electron chi connectivity index (χ1n) is 5.08. The van der Waals surface area contributed by atoms with Crippen LogP contribution in [0.25, 0.3) is 0 Å². The molecule has 0 saturated heterocycles. The summed E-state index contributed by atoms with van der Waals surface area (Å²) in [5.74, 6) is 0.551. The smallest absolute Gasteiger partial charge is 0.265 e. The number of carbonyl (C=O) groups is 1. The topological polar surface area (TPSA) is 64.3 Å². The Balaban J connectivity index is 2.30. The van der Waals surface area contributed by atoms with Crippen molar-refractivity contribution in [3.05, 3.63) is 18.2 Å². The summed E-state index contributed by atoms with van der Waals surface area (Å²) in [4.78, 5) is 11.6. The first-order chi connectivity index (χ1) is 7.22. The Morgan fingerprint density at radius 3 is 3.07 bits per heavy atom. The average molecular weight is 206 g/mol. The van der Waals surface area contributed by atoms with E-state index in [1.54, 1.807) is 6.07 Å². The van der Waals surface area contributed by atoms with Gasteiger partial charge in [0.25, 0.3) is 5.91 Å². The van der Waals surface area contributed by atoms with Gasteiger partial charge in [-0.2, -0.15) is 0 Å². The van der Waals surface area contributed by atoms with E-state index in [9.17, 15) is 4.79 Å². The second kappa shape index (κ2) is 3.81. The van der Waals surface area contributed by atoms with E-state index >= 15 is 0 Å². The molecule has 0 spiro atoms. The van der Waals surface area contributed by atoms with Crippen molar-refractivity contribution in [2.24, 2.45) is 0 Å². The summed E-state index contributed by atoms with van der Waals surface area (Å²) in [7, 11) is 0. The maximum absolute atomic E-state index is 11.6. The highest BCUT2D eigenvalue weighted by molar-refractivity contribution is 6.00. The van der Waals surface area contributed by atoms with Crippen molar-refractivity contribution in [2.75, 3.05) is 11.1 Å². The highest BCUT2D eigenvalue weighted by Gasteiger charge is 2.27. The summed E-state index contributed by atoms with van der Waals surface area (Å²) in [6.45, 7) is 2.02. The van der Waals surface area contributed by atoms with Gasteiger partial charge in [0, 0.05) is 0 Å². The van der Waals surface area contributed by atoms with Gasteiger partial charge in [-0.1, -0.05) is 19.4 Å². The average Bonchev–Trinajstić information content (AvgIpc) is 2.21. The second-order valence-corrected chi connectivity index (χ2v) is 3.60. The largest absolute Gasteiger partial charge is 0.478 e. The Morgan fingerprint density at radius 2 is 2.33 bits per heavy atom. The van der Waals surface area contributed by atoms with Gasteiger partial charge in [-0.3, -0.25) is 4.79 Å². The van der Waals surface area contributed by atoms with Crippen molar-refractivity contribution in [3.8, 4) is 5.75 Å². The van der Waals surface area contributed by atoms with Crippen LogP contribution >= 0.6 is 0 Å². The molecule has 0 saturated carbocycles. The fourth-order valence-corrected chi connectivity index (χ4v) is 1.64. The Morgan fingerprint density at radius 1 is 1.53 bits per heavy atom. The van der Waals surface area contributed by atoms with Crippen molar-refractivity contribution in [2.45, 2.75) is 25.9 Å². The van der Waals surface area contributed by atoms with Crippen molar-refractivity contribution < 1.29 is 9.53 Å². The molecule has 4 nitrogen and oxygen atoms in total. The van der Waals surface area contributed by atoms with Crippen molar-refractivity contribution in [1.82, 2.24) is 0 Å². The van der Waals surface area contributed by atoms with Gasteiger partial charge >= 0.3 is 0 Å². The molecular formula is C11H14N2O2. The zero-order chi connectivity index (χ0) is 10.8. The molecule has 0 aromatic heterocycles. The van der Waals surface area contributed by atoms with Crippen LogP contribution in [0.2, 0.25) is 0 Å². The van der Waals surface area contributed by atoms with Crippen LogP contribution < -0.4 is 15.8 Å². The normalized spacial score (nSPS) is 19.0. The third-order valence-electron chi connectivity index (χ3n) is 2.42. The lowest BCUT2D eigenvalue weighted by atomic mass is 10.1. The van der Waals surface area contributed by atoms with E-state index in [0.29, 0.717) is 17.1 Å². The molecule has 0 aliphatic carbocycles. The van der Waals surface area contributed by atoms with Gasteiger partial charge in [0.1, 0.15) is 11.4 Å². The number of rotatable bonds is 2. The lowest BCUT2D eigenvalue weighted by Gasteiger charge is -2.26. The third-order valence-corrected chi connectivity index (χ3v) is 2.42. The van der Waals surface area contributed by atoms with Crippen LogP contribution in [0.15, 0.2) is 18.2 Å². The number of benzene rings is 1. The lowest BCUT2D eigenvalue weighted by Crippen LogP contribution is -2.37. The zero-order valence-electron chi connectivity index (χ0n) is 8.62. The number of fused-ring (bicyclic) bond motifs is 1. The number of carbonyl (C=O) groups excluding carboxylic acids is 1. The number of nitrogens with one attached hydrogen (secondary N) is 1. The predicted octanol–water partition coefficient (Wildman–Crippen LogP) is 1.77. The number of nitrogens with two attached hydrogens (primary N) is 1. The molecule has 3 N–H and O–H groups in total. The van der Waals surface area contributed by atoms with Crippen LogP contribution in [0.4, 0.5) is 11.4 Å². The number of hydrogen-bond donors (Lipinski definition) is 2. The minimum atomic E-state index is -0.385. The summed E-state index contributed by atoms with van der Waals surface area (Å²) >= 11 is 0. The summed E-state index contributed by atoms with van der Waals surface area (Å²) in [6.07, 6.45) is 1.25. The van der Waals surface area contributed by atoms with Gasteiger partial charge in [-0.15, -0.1) is 0 Å². The standard InChI is InChI=1S/C11H14N2O2/c1-2-4-9-11(14)13-10-7(12)5-3-6-8(10)15-9/h3,5-6,9H,2,4,12H2,1H3,(H,13,14). The minimum Gasteiger partial charge on any atom is -0.478 e. The van der Waals surface area contributed by atoms with Gasteiger partial charge in [0.2, 0.25) is 0 Å². The predicted molar refractivity (Wildman–Crippen MR) is 58.8 cm³/mol. The van der Waals surface area contributed by atoms with Crippen LogP contribution in [0.1, 0.15) is 19.8 Å². The van der Waals surface area contributed by atoms with Gasteiger partial charge < -0.3 is 15.8 Å². The van der Waals surface area contributed by atoms with Crippen LogP contribution in [0.5, 0.6) is 5.75 Å². The van der Waals surface area contributed by atoms with Crippen molar-refractivity contribution in [3.63, 3.8) is 0 Å². The van der Waals surface area contributed by atoms with Crippen molar-refractivity contribution >= 4 is 17.3 Å².